The van der Waals surface area contributed by atoms with E-state index in [4.69, 9.17) is 6.42 Å². The van der Waals surface area contributed by atoms with Crippen molar-refractivity contribution in [3.05, 3.63) is 24.4 Å². The van der Waals surface area contributed by atoms with Crippen molar-refractivity contribution in [3.63, 3.8) is 0 Å². The average molecular weight is 257 g/mol. The minimum Gasteiger partial charge on any atom is -0.353 e. The zero-order valence-electron chi connectivity index (χ0n) is 11.2. The van der Waals surface area contributed by atoms with Crippen LogP contribution in [0.15, 0.2) is 29.4 Å². The molecule has 1 aromatic heterocycles. The van der Waals surface area contributed by atoms with Crippen molar-refractivity contribution in [2.75, 3.05) is 44.7 Å². The number of hydrogen-bond donors (Lipinski definition) is 1. The lowest BCUT2D eigenvalue weighted by molar-refractivity contribution is 0.373. The van der Waals surface area contributed by atoms with Gasteiger partial charge in [0.1, 0.15) is 5.82 Å². The number of terminal acetylenes is 1. The van der Waals surface area contributed by atoms with Crippen LogP contribution in [0, 0.1) is 12.3 Å². The van der Waals surface area contributed by atoms with E-state index >= 15 is 0 Å². The summed E-state index contributed by atoms with van der Waals surface area (Å²) in [7, 11) is 1.78. The van der Waals surface area contributed by atoms with Gasteiger partial charge in [0.15, 0.2) is 5.96 Å². The smallest absolute Gasteiger partial charge is 0.194 e. The van der Waals surface area contributed by atoms with Crippen LogP contribution in [-0.4, -0.2) is 55.6 Å². The van der Waals surface area contributed by atoms with E-state index in [2.05, 4.69) is 31.0 Å². The topological polar surface area (TPSA) is 43.8 Å². The van der Waals surface area contributed by atoms with Crippen molar-refractivity contribution in [3.8, 4) is 12.3 Å². The van der Waals surface area contributed by atoms with Gasteiger partial charge >= 0.3 is 0 Å². The van der Waals surface area contributed by atoms with E-state index in [-0.39, 0.29) is 0 Å². The zero-order valence-corrected chi connectivity index (χ0v) is 11.2. The lowest BCUT2D eigenvalue weighted by Crippen LogP contribution is -2.52. The summed E-state index contributed by atoms with van der Waals surface area (Å²) in [6.07, 6.45) is 7.09. The molecule has 0 aromatic carbocycles. The number of rotatable bonds is 2. The quantitative estimate of drug-likeness (QED) is 0.473. The van der Waals surface area contributed by atoms with Gasteiger partial charge in [-0.05, 0) is 12.1 Å². The van der Waals surface area contributed by atoms with Crippen LogP contribution in [0.25, 0.3) is 0 Å². The normalized spacial score (nSPS) is 16.1. The van der Waals surface area contributed by atoms with Gasteiger partial charge in [0.25, 0.3) is 0 Å². The summed E-state index contributed by atoms with van der Waals surface area (Å²) in [5.74, 6) is 4.48. The van der Waals surface area contributed by atoms with Crippen molar-refractivity contribution in [2.24, 2.45) is 4.99 Å². The molecule has 0 aliphatic carbocycles. The first kappa shape index (κ1) is 13.2. The standard InChI is InChI=1S/C14H19N5/c1-3-7-17-14(15-2)19-11-9-18(10-12-19)13-6-4-5-8-16-13/h1,4-6,8H,7,9-12H2,2H3,(H,15,17). The number of guanidine groups is 1. The van der Waals surface area contributed by atoms with E-state index in [1.807, 2.05) is 24.4 Å². The van der Waals surface area contributed by atoms with Crippen molar-refractivity contribution in [2.45, 2.75) is 0 Å². The van der Waals surface area contributed by atoms with E-state index in [9.17, 15) is 0 Å². The van der Waals surface area contributed by atoms with Gasteiger partial charge in [-0.25, -0.2) is 4.98 Å². The lowest BCUT2D eigenvalue weighted by atomic mass is 10.3. The predicted molar refractivity (Wildman–Crippen MR) is 78.2 cm³/mol. The molecular weight excluding hydrogens is 238 g/mol. The molecule has 0 unspecified atom stereocenters. The Morgan fingerprint density at radius 3 is 2.79 bits per heavy atom. The second kappa shape index (κ2) is 6.64. The number of nitrogens with zero attached hydrogens (tertiary/aromatic N) is 4. The fraction of sp³-hybridized carbons (Fsp3) is 0.429. The highest BCUT2D eigenvalue weighted by Crippen LogP contribution is 2.12. The summed E-state index contributed by atoms with van der Waals surface area (Å²) in [5.41, 5.74) is 0. The Morgan fingerprint density at radius 1 is 1.42 bits per heavy atom. The summed E-state index contributed by atoms with van der Waals surface area (Å²) >= 11 is 0. The number of hydrogen-bond acceptors (Lipinski definition) is 3. The molecule has 1 fully saturated rings. The highest BCUT2D eigenvalue weighted by molar-refractivity contribution is 5.80. The SMILES string of the molecule is C#CCNC(=NC)N1CCN(c2ccccn2)CC1. The molecule has 1 N–H and O–H groups in total. The Hall–Kier alpha value is -2.22. The molecule has 0 spiro atoms. The van der Waals surface area contributed by atoms with Crippen molar-refractivity contribution >= 4 is 11.8 Å². The second-order valence-electron chi connectivity index (χ2n) is 4.27. The van der Waals surface area contributed by atoms with Gasteiger partial charge in [0, 0.05) is 39.4 Å². The molecule has 2 rings (SSSR count). The Balaban J connectivity index is 1.90. The van der Waals surface area contributed by atoms with Crippen LogP contribution in [0.3, 0.4) is 0 Å². The van der Waals surface area contributed by atoms with Gasteiger partial charge in [-0.2, -0.15) is 0 Å². The molecule has 100 valence electrons. The fourth-order valence-electron chi connectivity index (χ4n) is 2.15. The van der Waals surface area contributed by atoms with Crippen LogP contribution < -0.4 is 10.2 Å². The summed E-state index contributed by atoms with van der Waals surface area (Å²) in [6.45, 7) is 4.22. The zero-order chi connectivity index (χ0) is 13.5. The summed E-state index contributed by atoms with van der Waals surface area (Å²) in [4.78, 5) is 13.1. The Bertz CT molecular complexity index is 454. The highest BCUT2D eigenvalue weighted by Gasteiger charge is 2.19. The maximum Gasteiger partial charge on any atom is 0.194 e. The monoisotopic (exact) mass is 257 g/mol. The first-order valence-electron chi connectivity index (χ1n) is 6.40. The Kier molecular flexibility index (Phi) is 4.62. The summed E-state index contributed by atoms with van der Waals surface area (Å²) in [5, 5.41) is 3.15. The third-order valence-corrected chi connectivity index (χ3v) is 3.11. The van der Waals surface area contributed by atoms with Gasteiger partial charge in [-0.15, -0.1) is 6.42 Å². The molecule has 19 heavy (non-hydrogen) atoms. The van der Waals surface area contributed by atoms with Crippen molar-refractivity contribution in [1.82, 2.24) is 15.2 Å². The summed E-state index contributed by atoms with van der Waals surface area (Å²) in [6, 6.07) is 5.99. The van der Waals surface area contributed by atoms with Crippen LogP contribution in [0.2, 0.25) is 0 Å². The van der Waals surface area contributed by atoms with Crippen LogP contribution in [0.1, 0.15) is 0 Å². The highest BCUT2D eigenvalue weighted by atomic mass is 15.4. The Morgan fingerprint density at radius 2 is 2.21 bits per heavy atom. The number of pyridine rings is 1. The maximum atomic E-state index is 5.26. The first-order valence-corrected chi connectivity index (χ1v) is 6.40. The molecule has 1 aliphatic rings. The van der Waals surface area contributed by atoms with Gasteiger partial charge in [0.05, 0.1) is 6.54 Å². The largest absolute Gasteiger partial charge is 0.353 e. The fourth-order valence-corrected chi connectivity index (χ4v) is 2.15. The first-order chi connectivity index (χ1) is 9.35. The van der Waals surface area contributed by atoms with Gasteiger partial charge in [-0.1, -0.05) is 12.0 Å². The van der Waals surface area contributed by atoms with E-state index in [1.165, 1.54) is 0 Å². The van der Waals surface area contributed by atoms with Crippen LogP contribution in [0.5, 0.6) is 0 Å². The molecule has 0 bridgehead atoms. The van der Waals surface area contributed by atoms with E-state index in [0.29, 0.717) is 6.54 Å². The Labute approximate surface area is 114 Å². The van der Waals surface area contributed by atoms with Crippen molar-refractivity contribution in [1.29, 1.82) is 0 Å². The molecule has 5 heteroatoms. The van der Waals surface area contributed by atoms with E-state index in [1.54, 1.807) is 7.05 Å². The molecule has 2 heterocycles. The minimum atomic E-state index is 0.507. The van der Waals surface area contributed by atoms with E-state index in [0.717, 1.165) is 38.0 Å². The molecule has 0 saturated carbocycles. The summed E-state index contributed by atoms with van der Waals surface area (Å²) < 4.78 is 0. The van der Waals surface area contributed by atoms with Crippen LogP contribution in [-0.2, 0) is 0 Å². The minimum absolute atomic E-state index is 0.507. The van der Waals surface area contributed by atoms with Crippen molar-refractivity contribution < 1.29 is 0 Å². The van der Waals surface area contributed by atoms with E-state index < -0.39 is 0 Å². The lowest BCUT2D eigenvalue weighted by Gasteiger charge is -2.36. The van der Waals surface area contributed by atoms with Crippen LogP contribution in [0.4, 0.5) is 5.82 Å². The molecule has 0 radical (unpaired) electrons. The number of aromatic nitrogens is 1. The molecule has 1 saturated heterocycles. The van der Waals surface area contributed by atoms with Gasteiger partial charge < -0.3 is 15.1 Å². The number of aliphatic imine (C=N–C) groups is 1. The van der Waals surface area contributed by atoms with Gasteiger partial charge in [0.2, 0.25) is 0 Å². The molecule has 0 atom stereocenters. The number of anilines is 1. The molecular formula is C14H19N5. The van der Waals surface area contributed by atoms with Gasteiger partial charge in [-0.3, -0.25) is 4.99 Å². The number of nitrogens with one attached hydrogen (secondary N) is 1. The maximum absolute atomic E-state index is 5.26. The molecule has 1 aliphatic heterocycles. The molecule has 0 amide bonds. The average Bonchev–Trinajstić information content (AvgIpc) is 2.49. The molecule has 5 nitrogen and oxygen atoms in total. The molecule has 1 aromatic rings. The van der Waals surface area contributed by atoms with Crippen LogP contribution >= 0.6 is 0 Å². The number of piperazine rings is 1. The third-order valence-electron chi connectivity index (χ3n) is 3.11. The third kappa shape index (κ3) is 3.38. The second-order valence-corrected chi connectivity index (χ2v) is 4.27. The predicted octanol–water partition coefficient (Wildman–Crippen LogP) is 0.412.